The molecule has 0 bridgehead atoms. The first kappa shape index (κ1) is 55.6. The smallest absolute Gasteiger partial charge is 0.258 e. The quantitative estimate of drug-likeness (QED) is 0.0347. The van der Waals surface area contributed by atoms with Gasteiger partial charge in [-0.05, 0) is 31.4 Å². The van der Waals surface area contributed by atoms with Crippen LogP contribution in [-0.2, 0) is 4.79 Å². The molecule has 4 atom stereocenters. The Hall–Kier alpha value is -2.44. The molecule has 0 saturated heterocycles. The number of hydrogen-bond donors (Lipinski definition) is 6. The van der Waals surface area contributed by atoms with Crippen LogP contribution in [0.15, 0.2) is 12.1 Å². The van der Waals surface area contributed by atoms with E-state index in [0.717, 1.165) is 57.8 Å². The summed E-state index contributed by atoms with van der Waals surface area (Å²) in [6.45, 7) is 7.07. The largest absolute Gasteiger partial charge is 0.490 e. The van der Waals surface area contributed by atoms with Gasteiger partial charge in [-0.15, -0.1) is 0 Å². The summed E-state index contributed by atoms with van der Waals surface area (Å²) in [7, 11) is 0. The zero-order chi connectivity index (χ0) is 44.1. The van der Waals surface area contributed by atoms with Gasteiger partial charge in [-0.25, -0.2) is 0 Å². The van der Waals surface area contributed by atoms with Crippen LogP contribution in [0.5, 0.6) is 17.2 Å². The Kier molecular flexibility index (Phi) is 35.4. The maximum atomic E-state index is 13.5. The molecule has 0 saturated carbocycles. The van der Waals surface area contributed by atoms with Crippen molar-refractivity contribution in [3.8, 4) is 17.2 Å². The normalized spacial score (nSPS) is 13.5. The van der Waals surface area contributed by atoms with Crippen molar-refractivity contribution < 1.29 is 49.3 Å². The SMILES string of the molecule is CCCCCCCCCCCCOc1cc(C(=O)NC(=O)[C@@H](O)[C@H](O)[C@@H](O)[C@@H](O)CO)cc(OCCCCCCCCCCCC)c1OCCCCCCCCCCCC. The molecule has 6 N–H and O–H groups in total. The number of ether oxygens (including phenoxy) is 3. The predicted octanol–water partition coefficient (Wildman–Crippen LogP) is 10.3. The van der Waals surface area contributed by atoms with Gasteiger partial charge in [0.2, 0.25) is 5.75 Å². The van der Waals surface area contributed by atoms with Crippen molar-refractivity contribution >= 4 is 11.8 Å². The number of nitrogens with one attached hydrogen (secondary N) is 1. The predicted molar refractivity (Wildman–Crippen MR) is 242 cm³/mol. The van der Waals surface area contributed by atoms with Crippen molar-refractivity contribution in [3.63, 3.8) is 0 Å². The molecule has 11 heteroatoms. The Labute approximate surface area is 364 Å². The van der Waals surface area contributed by atoms with Gasteiger partial charge < -0.3 is 39.7 Å². The van der Waals surface area contributed by atoms with Crippen molar-refractivity contribution in [1.82, 2.24) is 5.32 Å². The Morgan fingerprint density at radius 2 is 0.800 bits per heavy atom. The molecule has 0 fully saturated rings. The van der Waals surface area contributed by atoms with Crippen molar-refractivity contribution in [1.29, 1.82) is 0 Å². The van der Waals surface area contributed by atoms with Crippen LogP contribution in [0.4, 0.5) is 0 Å². The van der Waals surface area contributed by atoms with Crippen molar-refractivity contribution in [2.45, 2.75) is 238 Å². The van der Waals surface area contributed by atoms with Gasteiger partial charge in [-0.1, -0.05) is 194 Å². The van der Waals surface area contributed by atoms with E-state index in [1.807, 2.05) is 0 Å². The highest BCUT2D eigenvalue weighted by Gasteiger charge is 2.35. The van der Waals surface area contributed by atoms with E-state index in [9.17, 15) is 30.0 Å². The van der Waals surface area contributed by atoms with E-state index in [4.69, 9.17) is 19.3 Å². The number of amides is 2. The van der Waals surface area contributed by atoms with Crippen molar-refractivity contribution in [2.75, 3.05) is 26.4 Å². The molecule has 0 aromatic heterocycles. The minimum absolute atomic E-state index is 0.0309. The number of carbonyl (C=O) groups excluding carboxylic acids is 2. The van der Waals surface area contributed by atoms with Crippen LogP contribution < -0.4 is 19.5 Å². The third-order valence-electron chi connectivity index (χ3n) is 11.3. The number of carbonyl (C=O) groups is 2. The lowest BCUT2D eigenvalue weighted by atomic mass is 10.0. The molecule has 2 amide bonds. The molecule has 0 aliphatic rings. The highest BCUT2D eigenvalue weighted by Crippen LogP contribution is 2.40. The summed E-state index contributed by atoms with van der Waals surface area (Å²) < 4.78 is 19.0. The lowest BCUT2D eigenvalue weighted by Gasteiger charge is -2.24. The van der Waals surface area contributed by atoms with Crippen LogP contribution in [0, 0.1) is 0 Å². The minimum Gasteiger partial charge on any atom is -0.490 e. The van der Waals surface area contributed by atoms with E-state index in [0.29, 0.717) is 37.1 Å². The maximum absolute atomic E-state index is 13.5. The number of aliphatic hydroxyl groups is 5. The highest BCUT2D eigenvalue weighted by molar-refractivity contribution is 6.06. The summed E-state index contributed by atoms with van der Waals surface area (Å²) in [4.78, 5) is 26.3. The van der Waals surface area contributed by atoms with Gasteiger partial charge in [0.05, 0.1) is 26.4 Å². The van der Waals surface area contributed by atoms with Crippen LogP contribution in [0.2, 0.25) is 0 Å². The van der Waals surface area contributed by atoms with Gasteiger partial charge >= 0.3 is 0 Å². The molecular formula is C49H89NO10. The molecule has 1 aromatic carbocycles. The van der Waals surface area contributed by atoms with Gasteiger partial charge in [0, 0.05) is 5.56 Å². The van der Waals surface area contributed by atoms with Gasteiger partial charge in [-0.2, -0.15) is 0 Å². The van der Waals surface area contributed by atoms with E-state index >= 15 is 0 Å². The zero-order valence-corrected chi connectivity index (χ0v) is 38.3. The lowest BCUT2D eigenvalue weighted by Crippen LogP contribution is -2.52. The number of imide groups is 1. The van der Waals surface area contributed by atoms with Crippen LogP contribution in [0.25, 0.3) is 0 Å². The molecule has 0 spiro atoms. The zero-order valence-electron chi connectivity index (χ0n) is 38.3. The van der Waals surface area contributed by atoms with Crippen LogP contribution in [0.1, 0.15) is 224 Å². The number of rotatable bonds is 42. The van der Waals surface area contributed by atoms with Gasteiger partial charge in [0.15, 0.2) is 17.6 Å². The lowest BCUT2D eigenvalue weighted by molar-refractivity contribution is -0.148. The van der Waals surface area contributed by atoms with Gasteiger partial charge in [0.1, 0.15) is 18.3 Å². The van der Waals surface area contributed by atoms with Crippen LogP contribution in [-0.4, -0.2) is 88.2 Å². The molecule has 0 heterocycles. The molecule has 0 aliphatic heterocycles. The monoisotopic (exact) mass is 852 g/mol. The van der Waals surface area contributed by atoms with Gasteiger partial charge in [-0.3, -0.25) is 14.9 Å². The Bertz CT molecular complexity index is 1140. The number of hydrogen-bond acceptors (Lipinski definition) is 10. The van der Waals surface area contributed by atoms with E-state index in [1.54, 1.807) is 0 Å². The Morgan fingerprint density at radius 3 is 1.13 bits per heavy atom. The van der Waals surface area contributed by atoms with E-state index in [-0.39, 0.29) is 5.56 Å². The first-order valence-electron chi connectivity index (χ1n) is 24.5. The number of aliphatic hydroxyl groups excluding tert-OH is 5. The van der Waals surface area contributed by atoms with E-state index < -0.39 is 42.8 Å². The number of unbranched alkanes of at least 4 members (excludes halogenated alkanes) is 27. The van der Waals surface area contributed by atoms with E-state index in [1.165, 1.54) is 147 Å². The second-order valence-corrected chi connectivity index (χ2v) is 16.9. The summed E-state index contributed by atoms with van der Waals surface area (Å²) in [5, 5.41) is 51.5. The third-order valence-corrected chi connectivity index (χ3v) is 11.3. The first-order valence-corrected chi connectivity index (χ1v) is 24.5. The topological polar surface area (TPSA) is 175 Å². The second kappa shape index (κ2) is 38.3. The molecule has 1 aromatic rings. The molecule has 0 aliphatic carbocycles. The fourth-order valence-corrected chi connectivity index (χ4v) is 7.31. The summed E-state index contributed by atoms with van der Waals surface area (Å²) in [6, 6.07) is 3.01. The van der Waals surface area contributed by atoms with Gasteiger partial charge in [0.25, 0.3) is 11.8 Å². The molecule has 0 unspecified atom stereocenters. The van der Waals surface area contributed by atoms with Crippen LogP contribution >= 0.6 is 0 Å². The highest BCUT2D eigenvalue weighted by atomic mass is 16.5. The summed E-state index contributed by atoms with van der Waals surface area (Å²) in [5.74, 6) is -1.07. The Balaban J connectivity index is 3.09. The average molecular weight is 852 g/mol. The summed E-state index contributed by atoms with van der Waals surface area (Å²) >= 11 is 0. The summed E-state index contributed by atoms with van der Waals surface area (Å²) in [5.41, 5.74) is 0.0309. The van der Waals surface area contributed by atoms with Crippen LogP contribution in [0.3, 0.4) is 0 Å². The van der Waals surface area contributed by atoms with Crippen molar-refractivity contribution in [3.05, 3.63) is 17.7 Å². The fourth-order valence-electron chi connectivity index (χ4n) is 7.31. The standard InChI is InChI=1S/C49H89NO10/c1-4-7-10-13-16-19-22-25-28-31-34-58-42-37-40(48(56)50-49(57)46(55)45(54)44(53)41(52)39-51)38-43(59-35-32-29-26-23-20-17-14-11-8-5-2)47(42)60-36-33-30-27-24-21-18-15-12-9-6-3/h37-38,41,44-46,51-55H,4-36,39H2,1-3H3,(H,50,56,57)/t41-,44-,45+,46-/m0/s1. The molecular weight excluding hydrogens is 763 g/mol. The second-order valence-electron chi connectivity index (χ2n) is 16.9. The third kappa shape index (κ3) is 26.8. The maximum Gasteiger partial charge on any atom is 0.258 e. The molecule has 0 radical (unpaired) electrons. The minimum atomic E-state index is -2.26. The average Bonchev–Trinajstić information content (AvgIpc) is 3.25. The molecule has 350 valence electrons. The van der Waals surface area contributed by atoms with Crippen molar-refractivity contribution in [2.24, 2.45) is 0 Å². The Morgan fingerprint density at radius 1 is 0.483 bits per heavy atom. The first-order chi connectivity index (χ1) is 29.2. The molecule has 60 heavy (non-hydrogen) atoms. The number of benzene rings is 1. The molecule has 11 nitrogen and oxygen atoms in total. The fraction of sp³-hybridized carbons (Fsp3) is 0.837. The molecule has 1 rings (SSSR count). The summed E-state index contributed by atoms with van der Waals surface area (Å²) in [6.07, 6.45) is 27.4. The van der Waals surface area contributed by atoms with E-state index in [2.05, 4.69) is 26.1 Å².